The van der Waals surface area contributed by atoms with Gasteiger partial charge in [0.25, 0.3) is 5.91 Å². The highest BCUT2D eigenvalue weighted by molar-refractivity contribution is 9.10. The summed E-state index contributed by atoms with van der Waals surface area (Å²) in [6.07, 6.45) is 3.91. The molecule has 1 N–H and O–H groups in total. The van der Waals surface area contributed by atoms with E-state index in [1.165, 1.54) is 5.56 Å². The van der Waals surface area contributed by atoms with Crippen LogP contribution in [0.1, 0.15) is 35.2 Å². The van der Waals surface area contributed by atoms with Gasteiger partial charge in [-0.3, -0.25) is 9.59 Å². The maximum atomic E-state index is 12.9. The highest BCUT2D eigenvalue weighted by atomic mass is 79.9. The molecule has 0 saturated heterocycles. The summed E-state index contributed by atoms with van der Waals surface area (Å²) in [4.78, 5) is 26.6. The summed E-state index contributed by atoms with van der Waals surface area (Å²) in [6, 6.07) is 13.3. The maximum absolute atomic E-state index is 12.9. The first kappa shape index (κ1) is 16.3. The number of rotatable bonds is 3. The molecule has 1 aliphatic carbocycles. The van der Waals surface area contributed by atoms with Gasteiger partial charge in [0.15, 0.2) is 0 Å². The standard InChI is InChI=1S/C20H19BrN2O2/c21-16-7-10-18-15(12-16)2-1-11-23(18)20(25)14-5-8-17(9-6-14)22-19(24)13-3-4-13/h5-10,12-13H,1-4,11H2,(H,22,24). The number of nitrogens with one attached hydrogen (secondary N) is 1. The molecule has 0 aromatic heterocycles. The van der Waals surface area contributed by atoms with Crippen molar-refractivity contribution < 1.29 is 9.59 Å². The average molecular weight is 399 g/mol. The molecule has 25 heavy (non-hydrogen) atoms. The van der Waals surface area contributed by atoms with E-state index in [2.05, 4.69) is 27.3 Å². The number of hydrogen-bond acceptors (Lipinski definition) is 2. The van der Waals surface area contributed by atoms with Crippen molar-refractivity contribution in [1.29, 1.82) is 0 Å². The van der Waals surface area contributed by atoms with E-state index in [4.69, 9.17) is 0 Å². The predicted octanol–water partition coefficient (Wildman–Crippen LogP) is 4.39. The van der Waals surface area contributed by atoms with Gasteiger partial charge in [-0.2, -0.15) is 0 Å². The van der Waals surface area contributed by atoms with Crippen molar-refractivity contribution in [3.8, 4) is 0 Å². The van der Waals surface area contributed by atoms with Crippen molar-refractivity contribution in [2.75, 3.05) is 16.8 Å². The van der Waals surface area contributed by atoms with Crippen LogP contribution in [0.3, 0.4) is 0 Å². The summed E-state index contributed by atoms with van der Waals surface area (Å²) in [6.45, 7) is 0.730. The zero-order valence-corrected chi connectivity index (χ0v) is 15.4. The normalized spacial score (nSPS) is 16.3. The fraction of sp³-hybridized carbons (Fsp3) is 0.300. The summed E-state index contributed by atoms with van der Waals surface area (Å²) in [7, 11) is 0. The average Bonchev–Trinajstić information content (AvgIpc) is 3.46. The Morgan fingerprint density at radius 3 is 2.56 bits per heavy atom. The van der Waals surface area contributed by atoms with Crippen LogP contribution >= 0.6 is 15.9 Å². The van der Waals surface area contributed by atoms with Crippen LogP contribution in [0, 0.1) is 5.92 Å². The molecular formula is C20H19BrN2O2. The Bertz CT molecular complexity index is 828. The molecule has 1 saturated carbocycles. The second-order valence-corrected chi connectivity index (χ2v) is 7.59. The van der Waals surface area contributed by atoms with Gasteiger partial charge in [-0.15, -0.1) is 0 Å². The van der Waals surface area contributed by atoms with E-state index in [1.807, 2.05) is 17.0 Å². The van der Waals surface area contributed by atoms with Crippen LogP contribution < -0.4 is 10.2 Å². The summed E-state index contributed by atoms with van der Waals surface area (Å²) in [5.41, 5.74) is 3.57. The molecule has 0 unspecified atom stereocenters. The smallest absolute Gasteiger partial charge is 0.258 e. The molecule has 1 heterocycles. The van der Waals surface area contributed by atoms with Gasteiger partial charge in [0.2, 0.25) is 5.91 Å². The Morgan fingerprint density at radius 1 is 1.08 bits per heavy atom. The van der Waals surface area contributed by atoms with Crippen molar-refractivity contribution in [1.82, 2.24) is 0 Å². The number of halogens is 1. The first-order valence-corrected chi connectivity index (χ1v) is 9.42. The highest BCUT2D eigenvalue weighted by Crippen LogP contribution is 2.32. The third-order valence-electron chi connectivity index (χ3n) is 4.75. The minimum Gasteiger partial charge on any atom is -0.326 e. The highest BCUT2D eigenvalue weighted by Gasteiger charge is 2.29. The minimum atomic E-state index is 0.00309. The topological polar surface area (TPSA) is 49.4 Å². The van der Waals surface area contributed by atoms with Crippen LogP contribution in [0.25, 0.3) is 0 Å². The predicted molar refractivity (Wildman–Crippen MR) is 102 cm³/mol. The van der Waals surface area contributed by atoms with Crippen molar-refractivity contribution in [3.63, 3.8) is 0 Å². The summed E-state index contributed by atoms with van der Waals surface area (Å²) in [5.74, 6) is 0.253. The number of carbonyl (C=O) groups excluding carboxylic acids is 2. The largest absolute Gasteiger partial charge is 0.326 e. The lowest BCUT2D eigenvalue weighted by atomic mass is 10.0. The minimum absolute atomic E-state index is 0.00309. The van der Waals surface area contributed by atoms with Crippen LogP contribution in [0.2, 0.25) is 0 Å². The van der Waals surface area contributed by atoms with E-state index in [1.54, 1.807) is 24.3 Å². The van der Waals surface area contributed by atoms with E-state index in [-0.39, 0.29) is 17.7 Å². The van der Waals surface area contributed by atoms with E-state index in [9.17, 15) is 9.59 Å². The van der Waals surface area contributed by atoms with Crippen LogP contribution in [0.15, 0.2) is 46.9 Å². The first-order valence-electron chi connectivity index (χ1n) is 8.63. The number of benzene rings is 2. The molecule has 4 rings (SSSR count). The second kappa shape index (κ2) is 6.64. The fourth-order valence-electron chi connectivity index (χ4n) is 3.22. The number of anilines is 2. The molecule has 0 atom stereocenters. The maximum Gasteiger partial charge on any atom is 0.258 e. The molecule has 0 spiro atoms. The Balaban J connectivity index is 1.52. The van der Waals surface area contributed by atoms with E-state index in [0.717, 1.165) is 48.1 Å². The van der Waals surface area contributed by atoms with Gasteiger partial charge in [0.05, 0.1) is 0 Å². The first-order chi connectivity index (χ1) is 12.1. The van der Waals surface area contributed by atoms with Gasteiger partial charge in [-0.05, 0) is 73.7 Å². The zero-order valence-electron chi connectivity index (χ0n) is 13.8. The van der Waals surface area contributed by atoms with Crippen LogP contribution in [-0.2, 0) is 11.2 Å². The second-order valence-electron chi connectivity index (χ2n) is 6.67. The lowest BCUT2D eigenvalue weighted by molar-refractivity contribution is -0.117. The van der Waals surface area contributed by atoms with Gasteiger partial charge in [-0.1, -0.05) is 15.9 Å². The fourth-order valence-corrected chi connectivity index (χ4v) is 3.63. The molecule has 2 aliphatic rings. The molecule has 4 nitrogen and oxygen atoms in total. The third-order valence-corrected chi connectivity index (χ3v) is 5.25. The van der Waals surface area contributed by atoms with Crippen LogP contribution in [-0.4, -0.2) is 18.4 Å². The Morgan fingerprint density at radius 2 is 1.84 bits per heavy atom. The lowest BCUT2D eigenvalue weighted by Crippen LogP contribution is -2.35. The summed E-state index contributed by atoms with van der Waals surface area (Å²) in [5, 5.41) is 2.90. The number of aryl methyl sites for hydroxylation is 1. The van der Waals surface area contributed by atoms with Crippen molar-refractivity contribution in [3.05, 3.63) is 58.1 Å². The number of fused-ring (bicyclic) bond motifs is 1. The van der Waals surface area contributed by atoms with Crippen molar-refractivity contribution in [2.45, 2.75) is 25.7 Å². The number of carbonyl (C=O) groups is 2. The summed E-state index contributed by atoms with van der Waals surface area (Å²) >= 11 is 3.50. The molecule has 1 fully saturated rings. The number of nitrogens with zero attached hydrogens (tertiary/aromatic N) is 1. The van der Waals surface area contributed by atoms with Gasteiger partial charge in [0, 0.05) is 33.9 Å². The number of hydrogen-bond donors (Lipinski definition) is 1. The monoisotopic (exact) mass is 398 g/mol. The third kappa shape index (κ3) is 3.47. The van der Waals surface area contributed by atoms with Crippen LogP contribution in [0.4, 0.5) is 11.4 Å². The molecule has 0 radical (unpaired) electrons. The molecular weight excluding hydrogens is 380 g/mol. The van der Waals surface area contributed by atoms with E-state index in [0.29, 0.717) is 5.56 Å². The van der Waals surface area contributed by atoms with Gasteiger partial charge < -0.3 is 10.2 Å². The Hall–Kier alpha value is -2.14. The lowest BCUT2D eigenvalue weighted by Gasteiger charge is -2.29. The quantitative estimate of drug-likeness (QED) is 0.832. The molecule has 5 heteroatoms. The SMILES string of the molecule is O=C(Nc1ccc(C(=O)N2CCCc3cc(Br)ccc32)cc1)C1CC1. The number of amides is 2. The van der Waals surface area contributed by atoms with Gasteiger partial charge >= 0.3 is 0 Å². The Labute approximate surface area is 155 Å². The van der Waals surface area contributed by atoms with Gasteiger partial charge in [-0.25, -0.2) is 0 Å². The molecule has 0 bridgehead atoms. The van der Waals surface area contributed by atoms with Crippen LogP contribution in [0.5, 0.6) is 0 Å². The summed E-state index contributed by atoms with van der Waals surface area (Å²) < 4.78 is 1.04. The Kier molecular flexibility index (Phi) is 4.34. The van der Waals surface area contributed by atoms with E-state index >= 15 is 0 Å². The molecule has 2 amide bonds. The molecule has 128 valence electrons. The van der Waals surface area contributed by atoms with Crippen molar-refractivity contribution in [2.24, 2.45) is 5.92 Å². The molecule has 1 aliphatic heterocycles. The zero-order chi connectivity index (χ0) is 17.4. The van der Waals surface area contributed by atoms with Crippen molar-refractivity contribution >= 4 is 39.1 Å². The molecule has 2 aromatic rings. The van der Waals surface area contributed by atoms with E-state index < -0.39 is 0 Å². The van der Waals surface area contributed by atoms with Gasteiger partial charge in [0.1, 0.15) is 0 Å². The molecule has 2 aromatic carbocycles.